The van der Waals surface area contributed by atoms with Gasteiger partial charge in [-0.1, -0.05) is 0 Å². The third-order valence-corrected chi connectivity index (χ3v) is 2.40. The lowest BCUT2D eigenvalue weighted by Gasteiger charge is -2.34. The lowest BCUT2D eigenvalue weighted by atomic mass is 9.97. The Balaban J connectivity index is 2.26. The first-order chi connectivity index (χ1) is 5.64. The van der Waals surface area contributed by atoms with E-state index in [4.69, 9.17) is 5.73 Å². The highest BCUT2D eigenvalue weighted by Gasteiger charge is 2.29. The van der Waals surface area contributed by atoms with Crippen LogP contribution in [0.25, 0.3) is 0 Å². The fourth-order valence-corrected chi connectivity index (χ4v) is 1.80. The number of hydrogen-bond acceptors (Lipinski definition) is 2. The van der Waals surface area contributed by atoms with E-state index in [1.54, 1.807) is 6.92 Å². The minimum Gasteiger partial charge on any atom is -0.330 e. The highest BCUT2D eigenvalue weighted by Crippen LogP contribution is 2.24. The molecule has 0 amide bonds. The summed E-state index contributed by atoms with van der Waals surface area (Å²) in [7, 11) is 0. The lowest BCUT2D eigenvalue weighted by molar-refractivity contribution is 0.0603. The molecule has 0 aromatic rings. The molecule has 1 saturated heterocycles. The summed E-state index contributed by atoms with van der Waals surface area (Å²) in [5.74, 6) is 0. The van der Waals surface area contributed by atoms with Crippen molar-refractivity contribution in [3.05, 3.63) is 0 Å². The van der Waals surface area contributed by atoms with Gasteiger partial charge in [-0.15, -0.1) is 0 Å². The molecular formula is C9H19FN2. The van der Waals surface area contributed by atoms with Crippen molar-refractivity contribution in [2.75, 3.05) is 26.2 Å². The van der Waals surface area contributed by atoms with Crippen LogP contribution in [-0.4, -0.2) is 36.7 Å². The molecule has 12 heavy (non-hydrogen) atoms. The summed E-state index contributed by atoms with van der Waals surface area (Å²) in [5, 5.41) is 0. The van der Waals surface area contributed by atoms with Crippen molar-refractivity contribution in [2.45, 2.75) is 31.9 Å². The molecule has 1 heterocycles. The van der Waals surface area contributed by atoms with Crippen molar-refractivity contribution in [1.29, 1.82) is 0 Å². The van der Waals surface area contributed by atoms with Crippen molar-refractivity contribution in [3.63, 3.8) is 0 Å². The zero-order valence-electron chi connectivity index (χ0n) is 7.85. The zero-order valence-corrected chi connectivity index (χ0v) is 7.85. The molecular weight excluding hydrogens is 155 g/mol. The fourth-order valence-electron chi connectivity index (χ4n) is 1.80. The topological polar surface area (TPSA) is 29.3 Å². The Morgan fingerprint density at radius 2 is 2.33 bits per heavy atom. The van der Waals surface area contributed by atoms with Crippen LogP contribution in [0.2, 0.25) is 0 Å². The van der Waals surface area contributed by atoms with Crippen LogP contribution in [-0.2, 0) is 0 Å². The second-order valence-electron chi connectivity index (χ2n) is 3.94. The van der Waals surface area contributed by atoms with Crippen LogP contribution < -0.4 is 5.73 Å². The molecule has 1 aliphatic heterocycles. The summed E-state index contributed by atoms with van der Waals surface area (Å²) >= 11 is 0. The molecule has 0 aromatic heterocycles. The maximum atomic E-state index is 13.5. The van der Waals surface area contributed by atoms with E-state index in [2.05, 4.69) is 4.90 Å². The van der Waals surface area contributed by atoms with Crippen molar-refractivity contribution in [3.8, 4) is 0 Å². The van der Waals surface area contributed by atoms with E-state index in [9.17, 15) is 4.39 Å². The van der Waals surface area contributed by atoms with E-state index in [1.165, 1.54) is 0 Å². The summed E-state index contributed by atoms with van der Waals surface area (Å²) in [6, 6.07) is 0. The largest absolute Gasteiger partial charge is 0.330 e. The SMILES string of the molecule is CC1(F)CCCN(CCCN)C1. The van der Waals surface area contributed by atoms with Gasteiger partial charge in [0.05, 0.1) is 0 Å². The average Bonchev–Trinajstić information content (AvgIpc) is 1.99. The van der Waals surface area contributed by atoms with Gasteiger partial charge >= 0.3 is 0 Å². The highest BCUT2D eigenvalue weighted by molar-refractivity contribution is 4.83. The molecule has 2 N–H and O–H groups in total. The van der Waals surface area contributed by atoms with Gasteiger partial charge in [0, 0.05) is 6.54 Å². The third kappa shape index (κ3) is 3.07. The molecule has 1 fully saturated rings. The Morgan fingerprint density at radius 3 is 2.92 bits per heavy atom. The minimum atomic E-state index is -0.965. The van der Waals surface area contributed by atoms with E-state index < -0.39 is 5.67 Å². The molecule has 1 aliphatic rings. The first kappa shape index (κ1) is 9.93. The summed E-state index contributed by atoms with van der Waals surface area (Å²) in [4.78, 5) is 2.18. The highest BCUT2D eigenvalue weighted by atomic mass is 19.1. The van der Waals surface area contributed by atoms with E-state index in [-0.39, 0.29) is 0 Å². The number of rotatable bonds is 3. The van der Waals surface area contributed by atoms with Crippen molar-refractivity contribution in [2.24, 2.45) is 5.73 Å². The second-order valence-corrected chi connectivity index (χ2v) is 3.94. The van der Waals surface area contributed by atoms with E-state index in [1.807, 2.05) is 0 Å². The number of likely N-dealkylation sites (tertiary alicyclic amines) is 1. The monoisotopic (exact) mass is 174 g/mol. The minimum absolute atomic E-state index is 0.590. The molecule has 1 rings (SSSR count). The average molecular weight is 174 g/mol. The Hall–Kier alpha value is -0.150. The molecule has 0 spiro atoms. The molecule has 0 bridgehead atoms. The normalized spacial score (nSPS) is 32.2. The molecule has 0 aliphatic carbocycles. The lowest BCUT2D eigenvalue weighted by Crippen LogP contribution is -2.43. The van der Waals surface area contributed by atoms with Gasteiger partial charge in [-0.3, -0.25) is 0 Å². The van der Waals surface area contributed by atoms with E-state index >= 15 is 0 Å². The van der Waals surface area contributed by atoms with Crippen molar-refractivity contribution < 1.29 is 4.39 Å². The van der Waals surface area contributed by atoms with Gasteiger partial charge in [-0.05, 0) is 45.8 Å². The van der Waals surface area contributed by atoms with Gasteiger partial charge in [-0.25, -0.2) is 4.39 Å². The number of nitrogens with two attached hydrogens (primary N) is 1. The van der Waals surface area contributed by atoms with Gasteiger partial charge < -0.3 is 10.6 Å². The third-order valence-electron chi connectivity index (χ3n) is 2.40. The standard InChI is InChI=1S/C9H19FN2/c1-9(10)4-2-6-12(8-9)7-3-5-11/h2-8,11H2,1H3. The van der Waals surface area contributed by atoms with Gasteiger partial charge in [0.1, 0.15) is 5.67 Å². The summed E-state index contributed by atoms with van der Waals surface area (Å²) < 4.78 is 13.5. The van der Waals surface area contributed by atoms with Crippen LogP contribution >= 0.6 is 0 Å². The molecule has 0 aromatic carbocycles. The molecule has 72 valence electrons. The predicted molar refractivity (Wildman–Crippen MR) is 48.9 cm³/mol. The zero-order chi connectivity index (χ0) is 9.03. The first-order valence-electron chi connectivity index (χ1n) is 4.75. The number of nitrogens with zero attached hydrogens (tertiary/aromatic N) is 1. The predicted octanol–water partition coefficient (Wildman–Crippen LogP) is 1.16. The summed E-state index contributed by atoms with van der Waals surface area (Å²) in [5.41, 5.74) is 4.43. The van der Waals surface area contributed by atoms with Gasteiger partial charge in [0.15, 0.2) is 0 Å². The van der Waals surface area contributed by atoms with Crippen LogP contribution in [0.1, 0.15) is 26.2 Å². The molecule has 3 heteroatoms. The van der Waals surface area contributed by atoms with Crippen LogP contribution in [0.4, 0.5) is 4.39 Å². The number of alkyl halides is 1. The van der Waals surface area contributed by atoms with Gasteiger partial charge in [0.25, 0.3) is 0 Å². The van der Waals surface area contributed by atoms with Gasteiger partial charge in [-0.2, -0.15) is 0 Å². The smallest absolute Gasteiger partial charge is 0.120 e. The first-order valence-corrected chi connectivity index (χ1v) is 4.75. The van der Waals surface area contributed by atoms with Crippen molar-refractivity contribution in [1.82, 2.24) is 4.90 Å². The van der Waals surface area contributed by atoms with E-state index in [0.717, 1.165) is 25.9 Å². The molecule has 1 atom stereocenters. The molecule has 0 radical (unpaired) electrons. The number of hydrogen-bond donors (Lipinski definition) is 1. The maximum Gasteiger partial charge on any atom is 0.120 e. The van der Waals surface area contributed by atoms with Crippen LogP contribution in [0.15, 0.2) is 0 Å². The number of piperidine rings is 1. The maximum absolute atomic E-state index is 13.5. The molecule has 0 saturated carbocycles. The van der Waals surface area contributed by atoms with Crippen LogP contribution in [0.5, 0.6) is 0 Å². The second kappa shape index (κ2) is 4.19. The van der Waals surface area contributed by atoms with E-state index in [0.29, 0.717) is 19.5 Å². The molecule has 1 unspecified atom stereocenters. The molecule has 2 nitrogen and oxygen atoms in total. The fraction of sp³-hybridized carbons (Fsp3) is 1.00. The Morgan fingerprint density at radius 1 is 1.58 bits per heavy atom. The van der Waals surface area contributed by atoms with Gasteiger partial charge in [0.2, 0.25) is 0 Å². The number of halogens is 1. The summed E-state index contributed by atoms with van der Waals surface area (Å²) in [6.07, 6.45) is 2.68. The Labute approximate surface area is 73.9 Å². The Kier molecular flexibility index (Phi) is 3.47. The van der Waals surface area contributed by atoms with Crippen molar-refractivity contribution >= 4 is 0 Å². The Bertz CT molecular complexity index is 136. The quantitative estimate of drug-likeness (QED) is 0.695. The van der Waals surface area contributed by atoms with Crippen LogP contribution in [0.3, 0.4) is 0 Å². The summed E-state index contributed by atoms with van der Waals surface area (Å²) in [6.45, 7) is 4.99. The van der Waals surface area contributed by atoms with Crippen LogP contribution in [0, 0.1) is 0 Å².